The number of nitrogens with zero attached hydrogens (tertiary/aromatic N) is 3. The molecule has 53 heavy (non-hydrogen) atoms. The largest absolute Gasteiger partial charge is 0.456 e. The van der Waals surface area contributed by atoms with Crippen molar-refractivity contribution in [3.63, 3.8) is 0 Å². The van der Waals surface area contributed by atoms with Crippen molar-refractivity contribution in [2.24, 2.45) is 0 Å². The van der Waals surface area contributed by atoms with Crippen LogP contribution in [0, 0.1) is 0 Å². The fourth-order valence-electron chi connectivity index (χ4n) is 8.53. The van der Waals surface area contributed by atoms with Gasteiger partial charge in [0.15, 0.2) is 11.4 Å². The molecule has 0 fully saturated rings. The molecule has 0 radical (unpaired) electrons. The first-order valence-electron chi connectivity index (χ1n) is 17.8. The van der Waals surface area contributed by atoms with E-state index in [1.165, 1.54) is 0 Å². The summed E-state index contributed by atoms with van der Waals surface area (Å²) in [5.74, 6) is 0.693. The Kier molecular flexibility index (Phi) is 5.71. The van der Waals surface area contributed by atoms with Crippen LogP contribution in [0.4, 0.5) is 0 Å². The lowest BCUT2D eigenvalue weighted by atomic mass is 9.95. The molecule has 0 atom stereocenters. The number of hydrogen-bond donors (Lipinski definition) is 0. The lowest BCUT2D eigenvalue weighted by Crippen LogP contribution is -1.98. The van der Waals surface area contributed by atoms with Crippen LogP contribution in [0.5, 0.6) is 0 Å². The molecule has 5 nitrogen and oxygen atoms in total. The van der Waals surface area contributed by atoms with E-state index in [9.17, 15) is 0 Å². The van der Waals surface area contributed by atoms with Crippen molar-refractivity contribution in [2.75, 3.05) is 0 Å². The monoisotopic (exact) mass is 677 g/mol. The Morgan fingerprint density at radius 2 is 1.06 bits per heavy atom. The zero-order valence-corrected chi connectivity index (χ0v) is 28.2. The molecule has 0 saturated heterocycles. The van der Waals surface area contributed by atoms with Crippen molar-refractivity contribution in [2.45, 2.75) is 0 Å². The third-order valence-electron chi connectivity index (χ3n) is 10.8. The SMILES string of the molecule is c1ccc(-c2nc(-c3ccccc3)c3ccc(-n4c5ccccc5c5c6ccc7oc8ccccc8c7c6c6c7ccccc7oc6c54)cc3n2)cc1. The predicted molar refractivity (Wildman–Crippen MR) is 217 cm³/mol. The van der Waals surface area contributed by atoms with Crippen LogP contribution in [0.1, 0.15) is 0 Å². The molecule has 0 aliphatic carbocycles. The molecule has 0 aliphatic rings. The first kappa shape index (κ1) is 28.5. The van der Waals surface area contributed by atoms with Crippen LogP contribution >= 0.6 is 0 Å². The van der Waals surface area contributed by atoms with Gasteiger partial charge in [0.1, 0.15) is 16.7 Å². The molecule has 0 saturated carbocycles. The normalized spacial score (nSPS) is 12.2. The summed E-state index contributed by atoms with van der Waals surface area (Å²) >= 11 is 0. The average molecular weight is 678 g/mol. The Morgan fingerprint density at radius 3 is 1.85 bits per heavy atom. The third kappa shape index (κ3) is 3.96. The Labute approximate surface area is 302 Å². The van der Waals surface area contributed by atoms with Gasteiger partial charge >= 0.3 is 0 Å². The first-order valence-corrected chi connectivity index (χ1v) is 17.8. The third-order valence-corrected chi connectivity index (χ3v) is 10.8. The first-order chi connectivity index (χ1) is 26.3. The van der Waals surface area contributed by atoms with Gasteiger partial charge in [-0.05, 0) is 53.9 Å². The predicted octanol–water partition coefficient (Wildman–Crippen LogP) is 13.0. The summed E-state index contributed by atoms with van der Waals surface area (Å²) in [5, 5.41) is 9.97. The molecule has 8 aromatic carbocycles. The highest BCUT2D eigenvalue weighted by Gasteiger charge is 2.26. The molecule has 0 amide bonds. The molecular formula is C48H27N3O2. The Hall–Kier alpha value is -7.24. The summed E-state index contributed by atoms with van der Waals surface area (Å²) in [5.41, 5.74) is 10.4. The summed E-state index contributed by atoms with van der Waals surface area (Å²) < 4.78 is 15.8. The van der Waals surface area contributed by atoms with Gasteiger partial charge in [0.25, 0.3) is 0 Å². The zero-order chi connectivity index (χ0) is 34.6. The van der Waals surface area contributed by atoms with Crippen molar-refractivity contribution < 1.29 is 8.83 Å². The Bertz CT molecular complexity index is 3450. The van der Waals surface area contributed by atoms with Gasteiger partial charge in [0, 0.05) is 59.9 Å². The molecule has 0 bridgehead atoms. The van der Waals surface area contributed by atoms with Crippen molar-refractivity contribution >= 4 is 87.4 Å². The van der Waals surface area contributed by atoms with E-state index in [0.717, 1.165) is 110 Å². The lowest BCUT2D eigenvalue weighted by Gasteiger charge is -2.13. The molecule has 246 valence electrons. The van der Waals surface area contributed by atoms with E-state index in [0.29, 0.717) is 5.82 Å². The number of hydrogen-bond acceptors (Lipinski definition) is 4. The Morgan fingerprint density at radius 1 is 0.415 bits per heavy atom. The van der Waals surface area contributed by atoms with Crippen LogP contribution in [-0.2, 0) is 0 Å². The zero-order valence-electron chi connectivity index (χ0n) is 28.2. The summed E-state index contributed by atoms with van der Waals surface area (Å²) in [6.07, 6.45) is 0. The number of para-hydroxylation sites is 3. The fourth-order valence-corrected chi connectivity index (χ4v) is 8.53. The van der Waals surface area contributed by atoms with Gasteiger partial charge in [0.2, 0.25) is 0 Å². The molecule has 0 unspecified atom stereocenters. The summed E-state index contributed by atoms with van der Waals surface area (Å²) in [6, 6.07) is 56.9. The van der Waals surface area contributed by atoms with Crippen LogP contribution in [0.25, 0.3) is 116 Å². The minimum Gasteiger partial charge on any atom is -0.456 e. The van der Waals surface area contributed by atoms with Crippen molar-refractivity contribution in [1.82, 2.24) is 14.5 Å². The van der Waals surface area contributed by atoms with Crippen LogP contribution in [0.2, 0.25) is 0 Å². The molecular weight excluding hydrogens is 651 g/mol. The topological polar surface area (TPSA) is 57.0 Å². The van der Waals surface area contributed by atoms with Gasteiger partial charge in [-0.2, -0.15) is 0 Å². The van der Waals surface area contributed by atoms with E-state index in [-0.39, 0.29) is 0 Å². The van der Waals surface area contributed by atoms with Crippen LogP contribution < -0.4 is 0 Å². The van der Waals surface area contributed by atoms with Gasteiger partial charge in [0.05, 0.1) is 22.2 Å². The standard InChI is InChI=1S/C48H27N3O2/c1-3-13-28(14-4-1)45-31-24-23-30(27-36(31)49-48(50-45)29-15-5-2-6-16-29)51-37-20-10-7-17-32(37)41-35-25-26-40-42(33-18-8-11-21-38(33)52-40)43(35)44-34-19-9-12-22-39(34)53-47(44)46(41)51/h1-27H. The molecule has 5 heteroatoms. The molecule has 4 heterocycles. The highest BCUT2D eigenvalue weighted by Crippen LogP contribution is 2.49. The second-order valence-corrected chi connectivity index (χ2v) is 13.7. The Balaban J connectivity index is 1.25. The van der Waals surface area contributed by atoms with E-state index in [1.807, 2.05) is 42.5 Å². The van der Waals surface area contributed by atoms with Gasteiger partial charge in [-0.15, -0.1) is 0 Å². The van der Waals surface area contributed by atoms with Gasteiger partial charge in [-0.1, -0.05) is 115 Å². The maximum absolute atomic E-state index is 6.97. The average Bonchev–Trinajstić information content (AvgIpc) is 3.91. The maximum Gasteiger partial charge on any atom is 0.160 e. The number of aromatic nitrogens is 3. The fraction of sp³-hybridized carbons (Fsp3) is 0. The molecule has 4 aromatic heterocycles. The number of fused-ring (bicyclic) bond motifs is 15. The van der Waals surface area contributed by atoms with Gasteiger partial charge in [-0.25, -0.2) is 9.97 Å². The quantitative estimate of drug-likeness (QED) is 0.187. The van der Waals surface area contributed by atoms with E-state index in [1.54, 1.807) is 0 Å². The molecule has 0 spiro atoms. The van der Waals surface area contributed by atoms with Crippen molar-refractivity contribution in [3.05, 3.63) is 164 Å². The van der Waals surface area contributed by atoms with Crippen molar-refractivity contribution in [1.29, 1.82) is 0 Å². The number of rotatable bonds is 3. The second kappa shape index (κ2) is 10.6. The van der Waals surface area contributed by atoms with E-state index < -0.39 is 0 Å². The van der Waals surface area contributed by atoms with Crippen LogP contribution in [0.15, 0.2) is 173 Å². The van der Waals surface area contributed by atoms with Crippen LogP contribution in [0.3, 0.4) is 0 Å². The second-order valence-electron chi connectivity index (χ2n) is 13.7. The lowest BCUT2D eigenvalue weighted by molar-refractivity contribution is 0.669. The van der Waals surface area contributed by atoms with E-state index in [2.05, 4.69) is 126 Å². The van der Waals surface area contributed by atoms with Crippen molar-refractivity contribution in [3.8, 4) is 28.3 Å². The number of furan rings is 2. The minimum atomic E-state index is 0.693. The smallest absolute Gasteiger partial charge is 0.160 e. The summed E-state index contributed by atoms with van der Waals surface area (Å²) in [6.45, 7) is 0. The van der Waals surface area contributed by atoms with E-state index in [4.69, 9.17) is 18.8 Å². The summed E-state index contributed by atoms with van der Waals surface area (Å²) in [4.78, 5) is 10.3. The van der Waals surface area contributed by atoms with Gasteiger partial charge in [-0.3, -0.25) is 0 Å². The minimum absolute atomic E-state index is 0.693. The van der Waals surface area contributed by atoms with Crippen LogP contribution in [-0.4, -0.2) is 14.5 Å². The highest BCUT2D eigenvalue weighted by atomic mass is 16.3. The molecule has 0 N–H and O–H groups in total. The maximum atomic E-state index is 6.97. The summed E-state index contributed by atoms with van der Waals surface area (Å²) in [7, 11) is 0. The van der Waals surface area contributed by atoms with E-state index >= 15 is 0 Å². The number of benzene rings is 8. The highest BCUT2D eigenvalue weighted by molar-refractivity contribution is 6.40. The molecule has 0 aliphatic heterocycles. The van der Waals surface area contributed by atoms with Gasteiger partial charge < -0.3 is 13.4 Å². The molecule has 12 rings (SSSR count). The molecule has 12 aromatic rings.